The van der Waals surface area contributed by atoms with Gasteiger partial charge in [0, 0.05) is 49.6 Å². The van der Waals surface area contributed by atoms with Crippen molar-refractivity contribution in [3.63, 3.8) is 0 Å². The fourth-order valence-corrected chi connectivity index (χ4v) is 7.76. The van der Waals surface area contributed by atoms with E-state index in [1.165, 1.54) is 29.3 Å². The van der Waals surface area contributed by atoms with Gasteiger partial charge in [-0.3, -0.25) is 9.69 Å². The molecule has 1 unspecified atom stereocenters. The summed E-state index contributed by atoms with van der Waals surface area (Å²) in [5, 5.41) is 10.2. The molecule has 3 atom stereocenters. The van der Waals surface area contributed by atoms with Gasteiger partial charge in [-0.25, -0.2) is 9.37 Å². The maximum Gasteiger partial charge on any atom is 0.320 e. The van der Waals surface area contributed by atoms with E-state index in [0.717, 1.165) is 69.5 Å². The monoisotopic (exact) mass is 580 g/mol. The summed E-state index contributed by atoms with van der Waals surface area (Å²) in [6.07, 6.45) is 10.6. The number of hydrogen-bond acceptors (Lipinski definition) is 4. The van der Waals surface area contributed by atoms with E-state index in [4.69, 9.17) is 4.98 Å². The van der Waals surface area contributed by atoms with Crippen molar-refractivity contribution in [1.82, 2.24) is 19.2 Å². The molecule has 2 saturated heterocycles. The molecule has 4 heterocycles. The summed E-state index contributed by atoms with van der Waals surface area (Å²) < 4.78 is 16.6. The van der Waals surface area contributed by atoms with Crippen molar-refractivity contribution in [3.05, 3.63) is 96.2 Å². The highest BCUT2D eigenvalue weighted by Crippen LogP contribution is 2.39. The molecule has 1 saturated carbocycles. The van der Waals surface area contributed by atoms with Gasteiger partial charge in [0.1, 0.15) is 17.5 Å². The summed E-state index contributed by atoms with van der Waals surface area (Å²) in [6, 6.07) is 21.2. The van der Waals surface area contributed by atoms with Crippen LogP contribution in [0.4, 0.5) is 4.39 Å². The first-order chi connectivity index (χ1) is 21.0. The number of carboxylic acid groups (broad SMARTS) is 1. The second-order valence-corrected chi connectivity index (χ2v) is 13.0. The summed E-state index contributed by atoms with van der Waals surface area (Å²) in [5.74, 6) is 0.432. The zero-order valence-corrected chi connectivity index (χ0v) is 24.7. The molecule has 2 aliphatic heterocycles. The van der Waals surface area contributed by atoms with Gasteiger partial charge in [-0.05, 0) is 85.1 Å². The molecule has 3 fully saturated rings. The third kappa shape index (κ3) is 5.98. The minimum absolute atomic E-state index is 0.131. The number of pyridine rings is 1. The summed E-state index contributed by atoms with van der Waals surface area (Å²) in [4.78, 5) is 21.8. The van der Waals surface area contributed by atoms with E-state index in [2.05, 4.69) is 56.8 Å². The fraction of sp³-hybridized carbons (Fsp3) is 0.444. The number of halogens is 1. The third-order valence-electron chi connectivity index (χ3n) is 10.4. The van der Waals surface area contributed by atoms with Crippen LogP contribution in [0.2, 0.25) is 0 Å². The molecule has 224 valence electrons. The zero-order valence-electron chi connectivity index (χ0n) is 24.7. The van der Waals surface area contributed by atoms with E-state index in [9.17, 15) is 14.3 Å². The van der Waals surface area contributed by atoms with Crippen LogP contribution < -0.4 is 0 Å². The SMILES string of the molecule is O=C(O)[C@H](CC1CCC1)N1CC(CN2CCC(c3cnc4ccc(-c5ccccc5)cn34)CC2)[C@@H](c2cccc(F)c2)C1. The first kappa shape index (κ1) is 28.2. The Balaban J connectivity index is 1.05. The molecular formula is C36H41FN4O2. The molecular weight excluding hydrogens is 539 g/mol. The Kier molecular flexibility index (Phi) is 8.02. The highest BCUT2D eigenvalue weighted by molar-refractivity contribution is 5.73. The number of fused-ring (bicyclic) bond motifs is 1. The summed E-state index contributed by atoms with van der Waals surface area (Å²) in [6.45, 7) is 4.33. The minimum Gasteiger partial charge on any atom is -0.480 e. The van der Waals surface area contributed by atoms with Crippen LogP contribution in [-0.2, 0) is 4.79 Å². The molecule has 3 aliphatic rings. The van der Waals surface area contributed by atoms with Gasteiger partial charge >= 0.3 is 5.97 Å². The summed E-state index contributed by atoms with van der Waals surface area (Å²) >= 11 is 0. The number of likely N-dealkylation sites (tertiary alicyclic amines) is 2. The van der Waals surface area contributed by atoms with Crippen molar-refractivity contribution >= 4 is 11.6 Å². The van der Waals surface area contributed by atoms with Crippen molar-refractivity contribution in [3.8, 4) is 11.1 Å². The second kappa shape index (κ2) is 12.2. The maximum atomic E-state index is 14.3. The van der Waals surface area contributed by atoms with E-state index in [1.54, 1.807) is 12.1 Å². The second-order valence-electron chi connectivity index (χ2n) is 13.0. The highest BCUT2D eigenvalue weighted by atomic mass is 19.1. The number of carboxylic acids is 1. The Hall–Kier alpha value is -3.55. The van der Waals surface area contributed by atoms with Crippen molar-refractivity contribution < 1.29 is 14.3 Å². The lowest BCUT2D eigenvalue weighted by molar-refractivity contribution is -0.144. The molecule has 2 aromatic heterocycles. The number of nitrogens with zero attached hydrogens (tertiary/aromatic N) is 4. The molecule has 0 spiro atoms. The smallest absolute Gasteiger partial charge is 0.320 e. The molecule has 2 aromatic carbocycles. The van der Waals surface area contributed by atoms with E-state index < -0.39 is 12.0 Å². The minimum atomic E-state index is -0.713. The van der Waals surface area contributed by atoms with Crippen molar-refractivity contribution in [2.45, 2.75) is 56.4 Å². The Morgan fingerprint density at radius 1 is 0.953 bits per heavy atom. The number of piperidine rings is 1. The van der Waals surface area contributed by atoms with E-state index in [-0.39, 0.29) is 17.7 Å². The molecule has 7 rings (SSSR count). The molecule has 1 aliphatic carbocycles. The predicted molar refractivity (Wildman–Crippen MR) is 167 cm³/mol. The first-order valence-electron chi connectivity index (χ1n) is 16.0. The molecule has 1 N–H and O–H groups in total. The number of aromatic nitrogens is 2. The number of benzene rings is 2. The molecule has 43 heavy (non-hydrogen) atoms. The summed E-state index contributed by atoms with van der Waals surface area (Å²) in [7, 11) is 0. The van der Waals surface area contributed by atoms with Crippen LogP contribution >= 0.6 is 0 Å². The summed E-state index contributed by atoms with van der Waals surface area (Å²) in [5.41, 5.74) is 5.65. The normalized spacial score (nSPS) is 23.0. The number of hydrogen-bond donors (Lipinski definition) is 1. The first-order valence-corrected chi connectivity index (χ1v) is 16.0. The Morgan fingerprint density at radius 2 is 1.77 bits per heavy atom. The molecule has 6 nitrogen and oxygen atoms in total. The van der Waals surface area contributed by atoms with E-state index in [1.807, 2.05) is 18.3 Å². The number of rotatable bonds is 9. The van der Waals surface area contributed by atoms with Gasteiger partial charge < -0.3 is 14.4 Å². The van der Waals surface area contributed by atoms with Gasteiger partial charge in [0.05, 0.1) is 0 Å². The van der Waals surface area contributed by atoms with Crippen LogP contribution in [0.15, 0.2) is 79.1 Å². The van der Waals surface area contributed by atoms with Crippen LogP contribution in [0.1, 0.15) is 61.6 Å². The van der Waals surface area contributed by atoms with Gasteiger partial charge in [0.2, 0.25) is 0 Å². The number of imidazole rings is 1. The molecule has 7 heteroatoms. The number of carbonyl (C=O) groups is 1. The van der Waals surface area contributed by atoms with E-state index >= 15 is 0 Å². The standard InChI is InChI=1S/C36H41FN4O2/c37-31-11-5-10-28(19-31)32-24-40(33(36(42)43)18-25-6-4-7-25)22-30(32)21-39-16-14-27(15-17-39)34-20-38-35-13-12-29(23-41(34)35)26-8-2-1-3-9-26/h1-3,5,8-13,19-20,23,25,27,30,32-33H,4,6-7,14-18,21-22,24H2,(H,42,43)/t30?,32-,33+/m1/s1. The van der Waals surface area contributed by atoms with Gasteiger partial charge in [0.25, 0.3) is 0 Å². The Labute approximate surface area is 253 Å². The topological polar surface area (TPSA) is 61.1 Å². The zero-order chi connectivity index (χ0) is 29.3. The predicted octanol–water partition coefficient (Wildman–Crippen LogP) is 6.68. The highest BCUT2D eigenvalue weighted by Gasteiger charge is 2.41. The third-order valence-corrected chi connectivity index (χ3v) is 10.4. The largest absolute Gasteiger partial charge is 0.480 e. The van der Waals surface area contributed by atoms with E-state index in [0.29, 0.717) is 18.4 Å². The average molecular weight is 581 g/mol. The van der Waals surface area contributed by atoms with Gasteiger partial charge in [-0.2, -0.15) is 0 Å². The lowest BCUT2D eigenvalue weighted by Gasteiger charge is -2.35. The lowest BCUT2D eigenvalue weighted by Crippen LogP contribution is -2.43. The maximum absolute atomic E-state index is 14.3. The number of aliphatic carboxylic acids is 1. The van der Waals surface area contributed by atoms with Gasteiger partial charge in [-0.1, -0.05) is 61.7 Å². The average Bonchev–Trinajstić information content (AvgIpc) is 3.61. The van der Waals surface area contributed by atoms with Crippen molar-refractivity contribution in [2.75, 3.05) is 32.7 Å². The lowest BCUT2D eigenvalue weighted by atomic mass is 9.80. The quantitative estimate of drug-likeness (QED) is 0.239. The van der Waals surface area contributed by atoms with Crippen molar-refractivity contribution in [1.29, 1.82) is 0 Å². The molecule has 0 radical (unpaired) electrons. The van der Waals surface area contributed by atoms with Crippen LogP contribution in [0.25, 0.3) is 16.8 Å². The van der Waals surface area contributed by atoms with Crippen LogP contribution in [0.3, 0.4) is 0 Å². The van der Waals surface area contributed by atoms with Gasteiger partial charge in [0.15, 0.2) is 0 Å². The molecule has 4 aromatic rings. The van der Waals surface area contributed by atoms with Gasteiger partial charge in [-0.15, -0.1) is 0 Å². The van der Waals surface area contributed by atoms with Crippen molar-refractivity contribution in [2.24, 2.45) is 11.8 Å². The molecule has 0 amide bonds. The Morgan fingerprint density at radius 3 is 2.49 bits per heavy atom. The molecule has 0 bridgehead atoms. The van der Waals surface area contributed by atoms with Crippen LogP contribution in [0, 0.1) is 17.7 Å². The van der Waals surface area contributed by atoms with Crippen LogP contribution in [-0.4, -0.2) is 69.0 Å². The fourth-order valence-electron chi connectivity index (χ4n) is 7.76. The Bertz CT molecular complexity index is 1560. The van der Waals surface area contributed by atoms with Crippen LogP contribution in [0.5, 0.6) is 0 Å².